The Hall–Kier alpha value is -1.55. The van der Waals surface area contributed by atoms with E-state index in [2.05, 4.69) is 14.8 Å². The lowest BCUT2D eigenvalue weighted by atomic mass is 10.1. The summed E-state index contributed by atoms with van der Waals surface area (Å²) < 4.78 is 4.63. The summed E-state index contributed by atoms with van der Waals surface area (Å²) in [6.07, 6.45) is 1.48. The van der Waals surface area contributed by atoms with Gasteiger partial charge in [0.1, 0.15) is 12.2 Å². The maximum absolute atomic E-state index is 11.2. The zero-order valence-electron chi connectivity index (χ0n) is 8.81. The van der Waals surface area contributed by atoms with Gasteiger partial charge in [-0.15, -0.1) is 0 Å². The first-order chi connectivity index (χ1) is 7.20. The average Bonchev–Trinajstić information content (AvgIpc) is 2.17. The summed E-state index contributed by atoms with van der Waals surface area (Å²) >= 11 is 0. The Morgan fingerprint density at radius 1 is 1.40 bits per heavy atom. The van der Waals surface area contributed by atoms with Gasteiger partial charge in [0, 0.05) is 17.9 Å². The molecule has 0 spiro atoms. The standard InChI is InChI=1S/C9H15N3O3/c1-2-15-9(14)7-8(13)5-3-4-6-11-12-10/h2-7H2,1H3. The average molecular weight is 213 g/mol. The van der Waals surface area contributed by atoms with Crippen molar-refractivity contribution in [2.45, 2.75) is 32.6 Å². The largest absolute Gasteiger partial charge is 0.466 e. The summed E-state index contributed by atoms with van der Waals surface area (Å²) in [5.41, 5.74) is 7.98. The number of esters is 1. The number of Topliss-reactive ketones (excluding diaryl/α,β-unsaturated/α-hetero) is 1. The molecule has 0 aromatic rings. The molecular formula is C9H15N3O3. The Bertz CT molecular complexity index is 259. The predicted molar refractivity (Wildman–Crippen MR) is 54.1 cm³/mol. The monoisotopic (exact) mass is 213 g/mol. The van der Waals surface area contributed by atoms with Crippen LogP contribution in [0.25, 0.3) is 10.4 Å². The van der Waals surface area contributed by atoms with Crippen molar-refractivity contribution < 1.29 is 14.3 Å². The molecular weight excluding hydrogens is 198 g/mol. The summed E-state index contributed by atoms with van der Waals surface area (Å²) in [4.78, 5) is 24.6. The molecule has 0 aromatic carbocycles. The SMILES string of the molecule is CCOC(=O)CC(=O)CCCCN=[N+]=[N-]. The second-order valence-corrected chi connectivity index (χ2v) is 2.93. The van der Waals surface area contributed by atoms with Crippen LogP contribution in [-0.4, -0.2) is 24.9 Å². The van der Waals surface area contributed by atoms with Crippen molar-refractivity contribution in [2.24, 2.45) is 5.11 Å². The molecule has 0 aliphatic carbocycles. The van der Waals surface area contributed by atoms with Crippen molar-refractivity contribution >= 4 is 11.8 Å². The number of carbonyl (C=O) groups excluding carboxylic acids is 2. The summed E-state index contributed by atoms with van der Waals surface area (Å²) in [5, 5.41) is 3.34. The molecule has 6 heteroatoms. The van der Waals surface area contributed by atoms with Crippen LogP contribution in [0.4, 0.5) is 0 Å². The van der Waals surface area contributed by atoms with E-state index in [1.165, 1.54) is 0 Å². The smallest absolute Gasteiger partial charge is 0.313 e. The quantitative estimate of drug-likeness (QED) is 0.154. The minimum Gasteiger partial charge on any atom is -0.466 e. The van der Waals surface area contributed by atoms with Crippen molar-refractivity contribution in [2.75, 3.05) is 13.2 Å². The van der Waals surface area contributed by atoms with E-state index in [1.54, 1.807) is 6.92 Å². The van der Waals surface area contributed by atoms with Gasteiger partial charge in [0.25, 0.3) is 0 Å². The van der Waals surface area contributed by atoms with Crippen molar-refractivity contribution in [1.82, 2.24) is 0 Å². The van der Waals surface area contributed by atoms with Crippen LogP contribution in [0.2, 0.25) is 0 Å². The van der Waals surface area contributed by atoms with Gasteiger partial charge in [-0.05, 0) is 25.3 Å². The van der Waals surface area contributed by atoms with E-state index in [4.69, 9.17) is 5.53 Å². The van der Waals surface area contributed by atoms with E-state index in [0.29, 0.717) is 32.4 Å². The number of azide groups is 1. The molecule has 15 heavy (non-hydrogen) atoms. The van der Waals surface area contributed by atoms with Crippen LogP contribution in [0.1, 0.15) is 32.6 Å². The lowest BCUT2D eigenvalue weighted by molar-refractivity contribution is -0.145. The van der Waals surface area contributed by atoms with E-state index < -0.39 is 5.97 Å². The number of ketones is 1. The Kier molecular flexibility index (Phi) is 8.09. The van der Waals surface area contributed by atoms with Crippen molar-refractivity contribution in [3.05, 3.63) is 10.4 Å². The maximum atomic E-state index is 11.2. The van der Waals surface area contributed by atoms with Gasteiger partial charge in [-0.3, -0.25) is 9.59 Å². The normalized spacial score (nSPS) is 9.13. The Balaban J connectivity index is 3.48. The highest BCUT2D eigenvalue weighted by atomic mass is 16.5. The zero-order chi connectivity index (χ0) is 11.5. The van der Waals surface area contributed by atoms with Gasteiger partial charge in [-0.25, -0.2) is 0 Å². The number of hydrogen-bond donors (Lipinski definition) is 0. The molecule has 0 radical (unpaired) electrons. The molecule has 0 aliphatic rings. The predicted octanol–water partition coefficient (Wildman–Crippen LogP) is 1.99. The molecule has 84 valence electrons. The first-order valence-electron chi connectivity index (χ1n) is 4.89. The Labute approximate surface area is 88.2 Å². The zero-order valence-corrected chi connectivity index (χ0v) is 8.81. The second kappa shape index (κ2) is 9.02. The number of rotatable bonds is 8. The fourth-order valence-electron chi connectivity index (χ4n) is 1.01. The summed E-state index contributed by atoms with van der Waals surface area (Å²) in [6.45, 7) is 2.38. The Morgan fingerprint density at radius 2 is 2.13 bits per heavy atom. The van der Waals surface area contributed by atoms with Crippen LogP contribution < -0.4 is 0 Å². The summed E-state index contributed by atoms with van der Waals surface area (Å²) in [5.74, 6) is -0.605. The highest BCUT2D eigenvalue weighted by Gasteiger charge is 2.09. The van der Waals surface area contributed by atoms with E-state index in [0.717, 1.165) is 0 Å². The van der Waals surface area contributed by atoms with Crippen LogP contribution >= 0.6 is 0 Å². The molecule has 0 saturated heterocycles. The van der Waals surface area contributed by atoms with Gasteiger partial charge in [0.15, 0.2) is 0 Å². The fourth-order valence-corrected chi connectivity index (χ4v) is 1.01. The van der Waals surface area contributed by atoms with Crippen LogP contribution in [-0.2, 0) is 14.3 Å². The third-order valence-corrected chi connectivity index (χ3v) is 1.67. The second-order valence-electron chi connectivity index (χ2n) is 2.93. The minimum atomic E-state index is -0.474. The molecule has 0 aliphatic heterocycles. The molecule has 0 aromatic heterocycles. The van der Waals surface area contributed by atoms with Crippen molar-refractivity contribution in [3.63, 3.8) is 0 Å². The van der Waals surface area contributed by atoms with E-state index in [-0.39, 0.29) is 12.2 Å². The van der Waals surface area contributed by atoms with Crippen LogP contribution in [0.15, 0.2) is 5.11 Å². The molecule has 0 unspecified atom stereocenters. The van der Waals surface area contributed by atoms with Crippen LogP contribution in [0, 0.1) is 0 Å². The van der Waals surface area contributed by atoms with Gasteiger partial charge in [0.05, 0.1) is 6.61 Å². The molecule has 0 saturated carbocycles. The third-order valence-electron chi connectivity index (χ3n) is 1.67. The van der Waals surface area contributed by atoms with Crippen molar-refractivity contribution in [3.8, 4) is 0 Å². The van der Waals surface area contributed by atoms with Crippen LogP contribution in [0.5, 0.6) is 0 Å². The number of unbranched alkanes of at least 4 members (excludes halogenated alkanes) is 1. The molecule has 0 N–H and O–H groups in total. The topological polar surface area (TPSA) is 92.1 Å². The highest BCUT2D eigenvalue weighted by Crippen LogP contribution is 2.01. The van der Waals surface area contributed by atoms with Crippen LogP contribution in [0.3, 0.4) is 0 Å². The van der Waals surface area contributed by atoms with Crippen molar-refractivity contribution in [1.29, 1.82) is 0 Å². The Morgan fingerprint density at radius 3 is 2.73 bits per heavy atom. The van der Waals surface area contributed by atoms with Gasteiger partial charge in [-0.2, -0.15) is 0 Å². The lowest BCUT2D eigenvalue weighted by Gasteiger charge is -2.00. The van der Waals surface area contributed by atoms with E-state index in [9.17, 15) is 9.59 Å². The fraction of sp³-hybridized carbons (Fsp3) is 0.778. The number of hydrogen-bond acceptors (Lipinski definition) is 4. The highest BCUT2D eigenvalue weighted by molar-refractivity contribution is 5.95. The van der Waals surface area contributed by atoms with E-state index in [1.807, 2.05) is 0 Å². The van der Waals surface area contributed by atoms with Gasteiger partial charge >= 0.3 is 5.97 Å². The molecule has 0 bridgehead atoms. The molecule has 0 heterocycles. The van der Waals surface area contributed by atoms with Gasteiger partial charge in [0.2, 0.25) is 0 Å². The number of nitrogens with zero attached hydrogens (tertiary/aromatic N) is 3. The molecule has 6 nitrogen and oxygen atoms in total. The van der Waals surface area contributed by atoms with Gasteiger partial charge in [-0.1, -0.05) is 5.11 Å². The summed E-state index contributed by atoms with van der Waals surface area (Å²) in [6, 6.07) is 0. The number of ether oxygens (including phenoxy) is 1. The third kappa shape index (κ3) is 8.77. The number of carbonyl (C=O) groups is 2. The lowest BCUT2D eigenvalue weighted by Crippen LogP contribution is -2.10. The molecule has 0 atom stereocenters. The first kappa shape index (κ1) is 13.4. The summed E-state index contributed by atoms with van der Waals surface area (Å²) in [7, 11) is 0. The molecule has 0 fully saturated rings. The molecule has 0 amide bonds. The first-order valence-corrected chi connectivity index (χ1v) is 4.89. The van der Waals surface area contributed by atoms with Gasteiger partial charge < -0.3 is 4.74 Å². The maximum Gasteiger partial charge on any atom is 0.313 e. The molecule has 0 rings (SSSR count). The van der Waals surface area contributed by atoms with E-state index >= 15 is 0 Å². The minimum absolute atomic E-state index is 0.130.